The molecule has 0 rings (SSSR count). The molecule has 0 amide bonds. The predicted molar refractivity (Wildman–Crippen MR) is 93.2 cm³/mol. The van der Waals surface area contributed by atoms with Crippen molar-refractivity contribution in [2.75, 3.05) is 20.8 Å². The number of hydrogen-bond donors (Lipinski definition) is 0. The Labute approximate surface area is 137 Å². The third kappa shape index (κ3) is 10.1. The van der Waals surface area contributed by atoms with Gasteiger partial charge in [0, 0.05) is 20.3 Å². The van der Waals surface area contributed by atoms with Gasteiger partial charge < -0.3 is 13.6 Å². The van der Waals surface area contributed by atoms with Gasteiger partial charge in [-0.3, -0.25) is 0 Å². The maximum absolute atomic E-state index is 10.8. The zero-order chi connectivity index (χ0) is 16.7. The number of ether oxygens (including phenoxy) is 1. The Morgan fingerprint density at radius 1 is 0.955 bits per heavy atom. The Bertz CT molecular complexity index is 290. The molecule has 0 aromatic rings. The zero-order valence-corrected chi connectivity index (χ0v) is 15.7. The summed E-state index contributed by atoms with van der Waals surface area (Å²) in [5.74, 6) is -0.323. The van der Waals surface area contributed by atoms with Gasteiger partial charge in [-0.15, -0.1) is 0 Å². The van der Waals surface area contributed by atoms with Gasteiger partial charge in [-0.05, 0) is 18.5 Å². The van der Waals surface area contributed by atoms with Crippen LogP contribution in [-0.2, 0) is 18.4 Å². The first-order chi connectivity index (χ1) is 10.6. The van der Waals surface area contributed by atoms with E-state index in [9.17, 15) is 4.79 Å². The maximum atomic E-state index is 10.8. The van der Waals surface area contributed by atoms with Crippen molar-refractivity contribution in [1.82, 2.24) is 0 Å². The monoisotopic (exact) mass is 330 g/mol. The van der Waals surface area contributed by atoms with E-state index in [1.807, 2.05) is 0 Å². The molecule has 0 aliphatic carbocycles. The van der Waals surface area contributed by atoms with Crippen LogP contribution in [0.5, 0.6) is 0 Å². The van der Waals surface area contributed by atoms with Gasteiger partial charge >= 0.3 is 14.5 Å². The Morgan fingerprint density at radius 3 is 2.00 bits per heavy atom. The van der Waals surface area contributed by atoms with E-state index in [1.165, 1.54) is 38.2 Å². The Hall–Kier alpha value is -0.653. The van der Waals surface area contributed by atoms with E-state index in [0.717, 1.165) is 31.4 Å². The highest BCUT2D eigenvalue weighted by Gasteiger charge is 2.33. The van der Waals surface area contributed by atoms with Crippen LogP contribution in [0.2, 0.25) is 12.1 Å². The summed E-state index contributed by atoms with van der Waals surface area (Å²) in [4.78, 5) is 10.8. The van der Waals surface area contributed by atoms with E-state index < -0.39 is 8.56 Å². The van der Waals surface area contributed by atoms with Crippen LogP contribution < -0.4 is 0 Å². The third-order valence-corrected chi connectivity index (χ3v) is 7.85. The van der Waals surface area contributed by atoms with E-state index >= 15 is 0 Å². The van der Waals surface area contributed by atoms with Crippen molar-refractivity contribution in [3.63, 3.8) is 0 Å². The van der Waals surface area contributed by atoms with Crippen LogP contribution in [0.25, 0.3) is 0 Å². The molecule has 0 unspecified atom stereocenters. The fraction of sp³-hybridized carbons (Fsp3) is 0.824. The molecule has 130 valence electrons. The molecule has 5 heteroatoms. The van der Waals surface area contributed by atoms with Gasteiger partial charge in [-0.25, -0.2) is 4.79 Å². The lowest BCUT2D eigenvalue weighted by Crippen LogP contribution is -2.39. The highest BCUT2D eigenvalue weighted by Crippen LogP contribution is 2.23. The van der Waals surface area contributed by atoms with E-state index in [1.54, 1.807) is 14.2 Å². The molecular formula is C17H34O4Si. The van der Waals surface area contributed by atoms with E-state index in [4.69, 9.17) is 13.6 Å². The fourth-order valence-corrected chi connectivity index (χ4v) is 5.39. The quantitative estimate of drug-likeness (QED) is 0.191. The lowest BCUT2D eigenvalue weighted by atomic mass is 10.1. The lowest BCUT2D eigenvalue weighted by Gasteiger charge is -2.27. The van der Waals surface area contributed by atoms with Crippen molar-refractivity contribution in [1.29, 1.82) is 0 Å². The molecule has 4 nitrogen and oxygen atoms in total. The Kier molecular flexibility index (Phi) is 13.6. The minimum atomic E-state index is -1.90. The summed E-state index contributed by atoms with van der Waals surface area (Å²) < 4.78 is 16.3. The average Bonchev–Trinajstić information content (AvgIpc) is 2.55. The summed E-state index contributed by atoms with van der Waals surface area (Å²) in [5.41, 5.74) is 0. The van der Waals surface area contributed by atoms with E-state index in [-0.39, 0.29) is 5.97 Å². The van der Waals surface area contributed by atoms with E-state index in [2.05, 4.69) is 13.5 Å². The fourth-order valence-electron chi connectivity index (χ4n) is 2.61. The van der Waals surface area contributed by atoms with Crippen LogP contribution >= 0.6 is 0 Å². The molecule has 0 aromatic carbocycles. The summed E-state index contributed by atoms with van der Waals surface area (Å²) in [6, 6.07) is 2.19. The molecule has 0 bridgehead atoms. The highest BCUT2D eigenvalue weighted by atomic mass is 28.4. The standard InChI is InChI=1S/C17H34O4Si/c1-5-15-22(19-3,20-4)16-13-11-9-7-8-10-12-14-21-17(18)6-2/h6H,2,5,7-16H2,1,3-4H3. The molecule has 0 radical (unpaired) electrons. The molecule has 0 saturated carbocycles. The lowest BCUT2D eigenvalue weighted by molar-refractivity contribution is -0.137. The molecule has 0 spiro atoms. The van der Waals surface area contributed by atoms with Crippen LogP contribution in [0.1, 0.15) is 58.3 Å². The summed E-state index contributed by atoms with van der Waals surface area (Å²) in [6.45, 7) is 6.07. The van der Waals surface area contributed by atoms with Gasteiger partial charge in [0.1, 0.15) is 0 Å². The van der Waals surface area contributed by atoms with Crippen LogP contribution in [0.4, 0.5) is 0 Å². The SMILES string of the molecule is C=CC(=O)OCCCCCCCCC[Si](CCC)(OC)OC. The van der Waals surface area contributed by atoms with Gasteiger partial charge in [0.15, 0.2) is 0 Å². The Balaban J connectivity index is 3.49. The number of carbonyl (C=O) groups excluding carboxylic acids is 1. The molecule has 0 saturated heterocycles. The summed E-state index contributed by atoms with van der Waals surface area (Å²) in [7, 11) is 1.69. The molecule has 0 fully saturated rings. The third-order valence-electron chi connectivity index (χ3n) is 3.99. The molecule has 0 aliphatic rings. The normalized spacial score (nSPS) is 11.4. The number of esters is 1. The highest BCUT2D eigenvalue weighted by molar-refractivity contribution is 6.67. The maximum Gasteiger partial charge on any atom is 0.337 e. The number of carbonyl (C=O) groups is 1. The van der Waals surface area contributed by atoms with Crippen LogP contribution in [0, 0.1) is 0 Å². The van der Waals surface area contributed by atoms with Crippen molar-refractivity contribution >= 4 is 14.5 Å². The van der Waals surface area contributed by atoms with Crippen molar-refractivity contribution in [3.8, 4) is 0 Å². The van der Waals surface area contributed by atoms with Gasteiger partial charge in [0.05, 0.1) is 6.61 Å². The first-order valence-electron chi connectivity index (χ1n) is 8.53. The van der Waals surface area contributed by atoms with Crippen molar-refractivity contribution < 1.29 is 18.4 Å². The topological polar surface area (TPSA) is 44.8 Å². The van der Waals surface area contributed by atoms with Gasteiger partial charge in [-0.2, -0.15) is 0 Å². The van der Waals surface area contributed by atoms with Crippen LogP contribution in [0.3, 0.4) is 0 Å². The molecule has 0 atom stereocenters. The molecule has 0 aliphatic heterocycles. The average molecular weight is 331 g/mol. The molecule has 0 N–H and O–H groups in total. The summed E-state index contributed by atoms with van der Waals surface area (Å²) in [5, 5.41) is 0. The van der Waals surface area contributed by atoms with Gasteiger partial charge in [0.25, 0.3) is 0 Å². The first-order valence-corrected chi connectivity index (χ1v) is 10.8. The zero-order valence-electron chi connectivity index (χ0n) is 14.7. The molecule has 0 heterocycles. The van der Waals surface area contributed by atoms with Crippen molar-refractivity contribution in [2.45, 2.75) is 70.4 Å². The number of rotatable bonds is 15. The largest absolute Gasteiger partial charge is 0.463 e. The van der Waals surface area contributed by atoms with Crippen LogP contribution in [0.15, 0.2) is 12.7 Å². The number of hydrogen-bond acceptors (Lipinski definition) is 4. The second-order valence-electron chi connectivity index (χ2n) is 5.67. The van der Waals surface area contributed by atoms with Gasteiger partial charge in [-0.1, -0.05) is 58.4 Å². The number of unbranched alkanes of at least 4 members (excludes halogenated alkanes) is 6. The van der Waals surface area contributed by atoms with Crippen molar-refractivity contribution in [3.05, 3.63) is 12.7 Å². The summed E-state index contributed by atoms with van der Waals surface area (Å²) in [6.07, 6.45) is 10.6. The second-order valence-corrected chi connectivity index (χ2v) is 9.30. The van der Waals surface area contributed by atoms with Crippen LogP contribution in [-0.4, -0.2) is 35.4 Å². The molecule has 22 heavy (non-hydrogen) atoms. The predicted octanol–water partition coefficient (Wildman–Crippen LogP) is 4.59. The Morgan fingerprint density at radius 2 is 1.50 bits per heavy atom. The molecular weight excluding hydrogens is 296 g/mol. The first kappa shape index (κ1) is 21.3. The second kappa shape index (κ2) is 14.0. The minimum Gasteiger partial charge on any atom is -0.463 e. The van der Waals surface area contributed by atoms with E-state index in [0.29, 0.717) is 6.61 Å². The molecule has 0 aromatic heterocycles. The minimum absolute atomic E-state index is 0.323. The van der Waals surface area contributed by atoms with Gasteiger partial charge in [0.2, 0.25) is 0 Å². The van der Waals surface area contributed by atoms with Crippen molar-refractivity contribution in [2.24, 2.45) is 0 Å². The summed E-state index contributed by atoms with van der Waals surface area (Å²) >= 11 is 0. The smallest absolute Gasteiger partial charge is 0.337 e.